The molecule has 7 nitrogen and oxygen atoms in total. The van der Waals surface area contributed by atoms with Crippen molar-refractivity contribution in [3.63, 3.8) is 0 Å². The van der Waals surface area contributed by atoms with Crippen LogP contribution in [0, 0.1) is 5.92 Å². The number of esters is 1. The normalized spacial score (nSPS) is 14.0. The van der Waals surface area contributed by atoms with E-state index < -0.39 is 29.9 Å². The minimum Gasteiger partial charge on any atom is -0.464 e. The average Bonchev–Trinajstić information content (AvgIpc) is 2.65. The van der Waals surface area contributed by atoms with Crippen molar-refractivity contribution in [1.82, 2.24) is 10.6 Å². The molecule has 1 aromatic rings. The molecule has 0 heterocycles. The van der Waals surface area contributed by atoms with Crippen LogP contribution >= 0.6 is 0 Å². The number of amides is 2. The van der Waals surface area contributed by atoms with Crippen LogP contribution in [0.4, 0.5) is 0 Å². The number of carbonyl (C=O) groups is 3. The molecule has 7 heteroatoms. The van der Waals surface area contributed by atoms with Crippen molar-refractivity contribution in [3.05, 3.63) is 35.9 Å². The minimum absolute atomic E-state index is 0.0967. The van der Waals surface area contributed by atoms with E-state index in [1.54, 1.807) is 6.92 Å². The molecule has 0 saturated carbocycles. The van der Waals surface area contributed by atoms with Gasteiger partial charge in [0.15, 0.2) is 0 Å². The predicted molar refractivity (Wildman–Crippen MR) is 99.1 cm³/mol. The monoisotopic (exact) mass is 363 g/mol. The molecule has 0 radical (unpaired) electrons. The molecule has 144 valence electrons. The molecule has 0 aliphatic rings. The largest absolute Gasteiger partial charge is 0.464 e. The molecule has 0 aliphatic carbocycles. The molecule has 4 N–H and O–H groups in total. The quantitative estimate of drug-likeness (QED) is 0.532. The van der Waals surface area contributed by atoms with Gasteiger partial charge in [0.25, 0.3) is 0 Å². The van der Waals surface area contributed by atoms with Crippen LogP contribution < -0.4 is 16.4 Å². The Morgan fingerprint density at radius 1 is 1.12 bits per heavy atom. The third-order valence-electron chi connectivity index (χ3n) is 4.17. The lowest BCUT2D eigenvalue weighted by atomic mass is 9.98. The van der Waals surface area contributed by atoms with E-state index in [9.17, 15) is 14.4 Å². The van der Waals surface area contributed by atoms with Crippen LogP contribution in [-0.4, -0.2) is 43.0 Å². The van der Waals surface area contributed by atoms with E-state index >= 15 is 0 Å². The summed E-state index contributed by atoms with van der Waals surface area (Å²) in [4.78, 5) is 36.7. The second kappa shape index (κ2) is 11.3. The molecule has 0 fully saturated rings. The molecule has 1 rings (SSSR count). The zero-order valence-electron chi connectivity index (χ0n) is 15.7. The van der Waals surface area contributed by atoms with Gasteiger partial charge in [-0.3, -0.25) is 9.59 Å². The van der Waals surface area contributed by atoms with E-state index in [1.165, 1.54) is 0 Å². The molecule has 26 heavy (non-hydrogen) atoms. The summed E-state index contributed by atoms with van der Waals surface area (Å²) >= 11 is 0. The molecule has 2 amide bonds. The van der Waals surface area contributed by atoms with Crippen molar-refractivity contribution >= 4 is 17.8 Å². The molecular formula is C19H29N3O4. The highest BCUT2D eigenvalue weighted by Crippen LogP contribution is 2.11. The standard InChI is InChI=1S/C19H29N3O4/c1-4-13(3)17(19(25)26-5-2)22-18(24)15(21-16(23)12-20)11-14-9-7-6-8-10-14/h6-10,13,15,17H,4-5,11-12,20H2,1-3H3,(H,21,23)(H,22,24). The summed E-state index contributed by atoms with van der Waals surface area (Å²) in [5.74, 6) is -1.44. The Morgan fingerprint density at radius 3 is 2.31 bits per heavy atom. The van der Waals surface area contributed by atoms with Gasteiger partial charge >= 0.3 is 5.97 Å². The fraction of sp³-hybridized carbons (Fsp3) is 0.526. The van der Waals surface area contributed by atoms with E-state index in [-0.39, 0.29) is 19.1 Å². The van der Waals surface area contributed by atoms with E-state index in [0.717, 1.165) is 5.56 Å². The zero-order chi connectivity index (χ0) is 19.5. The maximum absolute atomic E-state index is 12.8. The number of carbonyl (C=O) groups excluding carboxylic acids is 3. The second-order valence-corrected chi connectivity index (χ2v) is 6.14. The molecule has 0 spiro atoms. The van der Waals surface area contributed by atoms with E-state index in [4.69, 9.17) is 10.5 Å². The van der Waals surface area contributed by atoms with Gasteiger partial charge in [-0.15, -0.1) is 0 Å². The van der Waals surface area contributed by atoms with Crippen LogP contribution in [0.25, 0.3) is 0 Å². The average molecular weight is 363 g/mol. The van der Waals surface area contributed by atoms with E-state index in [2.05, 4.69) is 10.6 Å². The molecule has 0 aliphatic heterocycles. The third kappa shape index (κ3) is 6.84. The highest BCUT2D eigenvalue weighted by molar-refractivity contribution is 5.91. The first-order valence-corrected chi connectivity index (χ1v) is 8.93. The van der Waals surface area contributed by atoms with Crippen molar-refractivity contribution in [1.29, 1.82) is 0 Å². The summed E-state index contributed by atoms with van der Waals surface area (Å²) < 4.78 is 5.07. The van der Waals surface area contributed by atoms with Gasteiger partial charge in [0, 0.05) is 6.42 Å². The number of ether oxygens (including phenoxy) is 1. The van der Waals surface area contributed by atoms with Crippen LogP contribution in [0.1, 0.15) is 32.8 Å². The van der Waals surface area contributed by atoms with Crippen molar-refractivity contribution in [2.45, 2.75) is 45.7 Å². The van der Waals surface area contributed by atoms with Gasteiger partial charge < -0.3 is 21.1 Å². The number of nitrogens with one attached hydrogen (secondary N) is 2. The fourth-order valence-corrected chi connectivity index (χ4v) is 2.47. The maximum Gasteiger partial charge on any atom is 0.328 e. The van der Waals surface area contributed by atoms with Crippen LogP contribution in [0.2, 0.25) is 0 Å². The summed E-state index contributed by atoms with van der Waals surface area (Å²) in [6, 6.07) is 7.73. The lowest BCUT2D eigenvalue weighted by Crippen LogP contribution is -2.55. The maximum atomic E-state index is 12.8. The molecule has 0 saturated heterocycles. The number of hydrogen-bond acceptors (Lipinski definition) is 5. The number of rotatable bonds is 10. The van der Waals surface area contributed by atoms with Crippen molar-refractivity contribution in [3.8, 4) is 0 Å². The molecule has 1 aromatic carbocycles. The summed E-state index contributed by atoms with van der Waals surface area (Å²) in [7, 11) is 0. The Labute approximate surface area is 154 Å². The summed E-state index contributed by atoms with van der Waals surface area (Å²) in [5.41, 5.74) is 6.24. The van der Waals surface area contributed by atoms with Crippen LogP contribution in [-0.2, 0) is 25.5 Å². The lowest BCUT2D eigenvalue weighted by molar-refractivity contribution is -0.149. The third-order valence-corrected chi connectivity index (χ3v) is 4.17. The van der Waals surface area contributed by atoms with Crippen LogP contribution in [0.15, 0.2) is 30.3 Å². The lowest BCUT2D eigenvalue weighted by Gasteiger charge is -2.25. The van der Waals surface area contributed by atoms with E-state index in [1.807, 2.05) is 44.2 Å². The minimum atomic E-state index is -0.825. The Balaban J connectivity index is 2.93. The number of nitrogens with two attached hydrogens (primary N) is 1. The Bertz CT molecular complexity index is 592. The van der Waals surface area contributed by atoms with Gasteiger partial charge in [-0.25, -0.2) is 4.79 Å². The SMILES string of the molecule is CCOC(=O)C(NC(=O)C(Cc1ccccc1)NC(=O)CN)C(C)CC. The highest BCUT2D eigenvalue weighted by atomic mass is 16.5. The van der Waals surface area contributed by atoms with Crippen LogP contribution in [0.3, 0.4) is 0 Å². The summed E-state index contributed by atoms with van der Waals surface area (Å²) in [6.45, 7) is 5.53. The summed E-state index contributed by atoms with van der Waals surface area (Å²) in [6.07, 6.45) is 0.997. The highest BCUT2D eigenvalue weighted by Gasteiger charge is 2.30. The van der Waals surface area contributed by atoms with Crippen molar-refractivity contribution < 1.29 is 19.1 Å². The molecule has 3 atom stereocenters. The van der Waals surface area contributed by atoms with Crippen molar-refractivity contribution in [2.75, 3.05) is 13.2 Å². The molecule has 0 bridgehead atoms. The number of benzene rings is 1. The van der Waals surface area contributed by atoms with Gasteiger partial charge in [0.1, 0.15) is 12.1 Å². The first-order valence-electron chi connectivity index (χ1n) is 8.93. The van der Waals surface area contributed by atoms with Crippen molar-refractivity contribution in [2.24, 2.45) is 11.7 Å². The van der Waals surface area contributed by atoms with Gasteiger partial charge in [-0.1, -0.05) is 50.6 Å². The van der Waals surface area contributed by atoms with Gasteiger partial charge in [0.05, 0.1) is 13.2 Å². The predicted octanol–water partition coefficient (Wildman–Crippen LogP) is 0.767. The molecular weight excluding hydrogens is 334 g/mol. The second-order valence-electron chi connectivity index (χ2n) is 6.14. The Morgan fingerprint density at radius 2 is 1.77 bits per heavy atom. The first kappa shape index (κ1) is 21.6. The topological polar surface area (TPSA) is 111 Å². The van der Waals surface area contributed by atoms with Crippen LogP contribution in [0.5, 0.6) is 0 Å². The van der Waals surface area contributed by atoms with Gasteiger partial charge in [-0.05, 0) is 18.4 Å². The summed E-state index contributed by atoms with van der Waals surface area (Å²) in [5, 5.41) is 5.35. The Kier molecular flexibility index (Phi) is 9.36. The van der Waals surface area contributed by atoms with Gasteiger partial charge in [0.2, 0.25) is 11.8 Å². The Hall–Kier alpha value is -2.41. The molecule has 0 aromatic heterocycles. The fourth-order valence-electron chi connectivity index (χ4n) is 2.47. The number of hydrogen-bond donors (Lipinski definition) is 3. The first-order chi connectivity index (χ1) is 12.4. The molecule has 3 unspecified atom stereocenters. The zero-order valence-corrected chi connectivity index (χ0v) is 15.7. The smallest absolute Gasteiger partial charge is 0.328 e. The van der Waals surface area contributed by atoms with Gasteiger partial charge in [-0.2, -0.15) is 0 Å². The van der Waals surface area contributed by atoms with E-state index in [0.29, 0.717) is 12.8 Å².